The molecule has 5 heteroatoms. The van der Waals surface area contributed by atoms with Crippen LogP contribution >= 0.6 is 11.6 Å². The number of nitrogens with zero attached hydrogens (tertiary/aromatic N) is 2. The van der Waals surface area contributed by atoms with Gasteiger partial charge in [0.25, 0.3) is 0 Å². The molecule has 2 bridgehead atoms. The van der Waals surface area contributed by atoms with Gasteiger partial charge in [-0.2, -0.15) is 0 Å². The number of benzene rings is 1. The second-order valence-electron chi connectivity index (χ2n) is 6.72. The Balaban J connectivity index is 1.51. The Kier molecular flexibility index (Phi) is 2.43. The van der Waals surface area contributed by atoms with E-state index in [2.05, 4.69) is 15.4 Å². The number of rotatable bonds is 2. The second kappa shape index (κ2) is 4.14. The maximum Gasteiger partial charge on any atom is 0.177 e. The minimum atomic E-state index is 0.402. The summed E-state index contributed by atoms with van der Waals surface area (Å²) in [5.74, 6) is 1.66. The molecule has 1 aromatic carbocycles. The van der Waals surface area contributed by atoms with Crippen LogP contribution in [-0.4, -0.2) is 34.7 Å². The molecule has 4 nitrogen and oxygen atoms in total. The molecule has 2 aromatic rings. The van der Waals surface area contributed by atoms with Crippen LogP contribution < -0.4 is 5.32 Å². The number of hydrogen-bond donors (Lipinski definition) is 1. The van der Waals surface area contributed by atoms with E-state index in [1.54, 1.807) is 0 Å². The van der Waals surface area contributed by atoms with Gasteiger partial charge in [-0.1, -0.05) is 16.8 Å². The topological polar surface area (TPSA) is 41.3 Å². The zero-order valence-electron chi connectivity index (χ0n) is 11.8. The molecule has 21 heavy (non-hydrogen) atoms. The predicted molar refractivity (Wildman–Crippen MR) is 82.7 cm³/mol. The van der Waals surface area contributed by atoms with E-state index in [9.17, 15) is 0 Å². The van der Waals surface area contributed by atoms with Gasteiger partial charge in [0.2, 0.25) is 0 Å². The van der Waals surface area contributed by atoms with E-state index in [0.29, 0.717) is 16.6 Å². The fourth-order valence-corrected chi connectivity index (χ4v) is 4.65. The van der Waals surface area contributed by atoms with Crippen LogP contribution in [0.25, 0.3) is 11.0 Å². The number of hydrogen-bond acceptors (Lipinski definition) is 4. The van der Waals surface area contributed by atoms with E-state index in [1.807, 2.05) is 18.2 Å². The van der Waals surface area contributed by atoms with Crippen LogP contribution in [0.15, 0.2) is 22.7 Å². The summed E-state index contributed by atoms with van der Waals surface area (Å²) in [6.45, 7) is 2.55. The fourth-order valence-electron chi connectivity index (χ4n) is 4.48. The summed E-state index contributed by atoms with van der Waals surface area (Å²) in [5, 5.41) is 9.68. The highest BCUT2D eigenvalue weighted by Gasteiger charge is 2.60. The van der Waals surface area contributed by atoms with Crippen molar-refractivity contribution in [2.45, 2.75) is 37.3 Å². The van der Waals surface area contributed by atoms with Gasteiger partial charge in [0.15, 0.2) is 11.4 Å². The molecule has 1 atom stereocenters. The largest absolute Gasteiger partial charge is 0.362 e. The summed E-state index contributed by atoms with van der Waals surface area (Å²) in [7, 11) is 0. The van der Waals surface area contributed by atoms with Gasteiger partial charge in [-0.25, -0.2) is 0 Å². The van der Waals surface area contributed by atoms with E-state index in [1.165, 1.54) is 38.8 Å². The molecule has 1 saturated carbocycles. The Labute approximate surface area is 128 Å². The standard InChI is InChI=1S/C16H18ClN3O/c17-11-1-2-12-13(9-11)21-19-15(12)18-14-10-3-7-20(8-4-10)16(14)5-6-16/h1-2,9-10,14H,3-8H2,(H,18,19). The third kappa shape index (κ3) is 1.69. The molecular weight excluding hydrogens is 286 g/mol. The summed E-state index contributed by atoms with van der Waals surface area (Å²) < 4.78 is 5.43. The van der Waals surface area contributed by atoms with Gasteiger partial charge >= 0.3 is 0 Å². The summed E-state index contributed by atoms with van der Waals surface area (Å²) >= 11 is 6.01. The summed E-state index contributed by atoms with van der Waals surface area (Å²) in [4.78, 5) is 2.70. The van der Waals surface area contributed by atoms with E-state index in [0.717, 1.165) is 22.7 Å². The van der Waals surface area contributed by atoms with Crippen molar-refractivity contribution >= 4 is 28.4 Å². The monoisotopic (exact) mass is 303 g/mol. The van der Waals surface area contributed by atoms with Crippen LogP contribution in [-0.2, 0) is 0 Å². The molecule has 1 N–H and O–H groups in total. The second-order valence-corrected chi connectivity index (χ2v) is 7.16. The maximum atomic E-state index is 6.01. The lowest BCUT2D eigenvalue weighted by Crippen LogP contribution is -2.62. The normalized spacial score (nSPS) is 32.7. The highest BCUT2D eigenvalue weighted by atomic mass is 35.5. The molecule has 0 amide bonds. The van der Waals surface area contributed by atoms with Gasteiger partial charge in [-0.05, 0) is 56.8 Å². The van der Waals surface area contributed by atoms with Gasteiger partial charge < -0.3 is 9.84 Å². The molecule has 1 spiro atoms. The zero-order valence-corrected chi connectivity index (χ0v) is 12.6. The van der Waals surface area contributed by atoms with Crippen molar-refractivity contribution in [2.24, 2.45) is 5.92 Å². The smallest absolute Gasteiger partial charge is 0.177 e. The SMILES string of the molecule is Clc1ccc2c(NC3C4CCN(CC4)C34CC4)noc2c1. The lowest BCUT2D eigenvalue weighted by molar-refractivity contribution is 0.0202. The Hall–Kier alpha value is -1.26. The van der Waals surface area contributed by atoms with Crippen molar-refractivity contribution in [1.82, 2.24) is 10.1 Å². The molecule has 3 aliphatic heterocycles. The van der Waals surface area contributed by atoms with Crippen LogP contribution in [0.3, 0.4) is 0 Å². The lowest BCUT2D eigenvalue weighted by atomic mass is 9.77. The van der Waals surface area contributed by atoms with Crippen LogP contribution in [0.4, 0.5) is 5.82 Å². The number of anilines is 1. The van der Waals surface area contributed by atoms with Crippen molar-refractivity contribution in [3.63, 3.8) is 0 Å². The van der Waals surface area contributed by atoms with E-state index < -0.39 is 0 Å². The van der Waals surface area contributed by atoms with Gasteiger partial charge in [0, 0.05) is 22.7 Å². The van der Waals surface area contributed by atoms with Crippen molar-refractivity contribution in [3.05, 3.63) is 23.2 Å². The number of piperidine rings is 3. The molecule has 4 fully saturated rings. The molecule has 4 heterocycles. The van der Waals surface area contributed by atoms with Crippen molar-refractivity contribution in [3.8, 4) is 0 Å². The van der Waals surface area contributed by atoms with Crippen LogP contribution in [0.2, 0.25) is 5.02 Å². The Morgan fingerprint density at radius 3 is 2.86 bits per heavy atom. The van der Waals surface area contributed by atoms with Gasteiger partial charge in [-0.3, -0.25) is 4.90 Å². The molecule has 110 valence electrons. The van der Waals surface area contributed by atoms with E-state index >= 15 is 0 Å². The minimum Gasteiger partial charge on any atom is -0.362 e. The molecule has 4 aliphatic rings. The number of halogens is 1. The first-order valence-electron chi connectivity index (χ1n) is 7.83. The number of aromatic nitrogens is 1. The van der Waals surface area contributed by atoms with Crippen LogP contribution in [0.1, 0.15) is 25.7 Å². The van der Waals surface area contributed by atoms with Crippen molar-refractivity contribution < 1.29 is 4.52 Å². The lowest BCUT2D eigenvalue weighted by Gasteiger charge is -2.52. The maximum absolute atomic E-state index is 6.01. The Bertz CT molecular complexity index is 701. The highest BCUT2D eigenvalue weighted by molar-refractivity contribution is 6.31. The van der Waals surface area contributed by atoms with Gasteiger partial charge in [-0.15, -0.1) is 0 Å². The summed E-state index contributed by atoms with van der Waals surface area (Å²) in [5.41, 5.74) is 1.16. The Morgan fingerprint density at radius 1 is 1.29 bits per heavy atom. The molecular formula is C16H18ClN3O. The van der Waals surface area contributed by atoms with Crippen LogP contribution in [0.5, 0.6) is 0 Å². The minimum absolute atomic E-state index is 0.402. The highest BCUT2D eigenvalue weighted by Crippen LogP contribution is 2.54. The third-order valence-electron chi connectivity index (χ3n) is 5.71. The molecule has 6 rings (SSSR count). The average molecular weight is 304 g/mol. The Morgan fingerprint density at radius 2 is 2.10 bits per heavy atom. The molecule has 0 radical (unpaired) electrons. The van der Waals surface area contributed by atoms with Gasteiger partial charge in [0.1, 0.15) is 0 Å². The zero-order chi connectivity index (χ0) is 14.0. The number of nitrogens with one attached hydrogen (secondary N) is 1. The molecule has 3 saturated heterocycles. The average Bonchev–Trinajstić information content (AvgIpc) is 3.19. The van der Waals surface area contributed by atoms with Gasteiger partial charge in [0.05, 0.1) is 5.39 Å². The molecule has 1 aromatic heterocycles. The quantitative estimate of drug-likeness (QED) is 0.921. The first-order chi connectivity index (χ1) is 10.3. The number of fused-ring (bicyclic) bond motifs is 3. The third-order valence-corrected chi connectivity index (χ3v) is 5.94. The van der Waals surface area contributed by atoms with Crippen molar-refractivity contribution in [2.75, 3.05) is 18.4 Å². The fraction of sp³-hybridized carbons (Fsp3) is 0.562. The molecule has 1 unspecified atom stereocenters. The van der Waals surface area contributed by atoms with Crippen molar-refractivity contribution in [1.29, 1.82) is 0 Å². The first kappa shape index (κ1) is 12.3. The van der Waals surface area contributed by atoms with E-state index in [-0.39, 0.29) is 0 Å². The first-order valence-corrected chi connectivity index (χ1v) is 8.21. The summed E-state index contributed by atoms with van der Waals surface area (Å²) in [6, 6.07) is 6.25. The summed E-state index contributed by atoms with van der Waals surface area (Å²) in [6.07, 6.45) is 5.26. The van der Waals surface area contributed by atoms with E-state index in [4.69, 9.17) is 16.1 Å². The predicted octanol–water partition coefficient (Wildman–Crippen LogP) is 3.52. The van der Waals surface area contributed by atoms with Crippen LogP contribution in [0, 0.1) is 5.92 Å². The molecule has 1 aliphatic carbocycles.